The number of rotatable bonds is 4. The number of benzene rings is 1. The molecular weight excluding hydrogens is 222 g/mol. The van der Waals surface area contributed by atoms with E-state index < -0.39 is 0 Å². The normalized spacial score (nSPS) is 10.9. The Bertz CT molecular complexity index is 547. The fourth-order valence-corrected chi connectivity index (χ4v) is 2.18. The van der Waals surface area contributed by atoms with Gasteiger partial charge >= 0.3 is 0 Å². The lowest BCUT2D eigenvalue weighted by Gasteiger charge is -2.17. The molecule has 96 valence electrons. The number of aryl methyl sites for hydroxylation is 1. The molecule has 3 heteroatoms. The highest BCUT2D eigenvalue weighted by Gasteiger charge is 2.08. The summed E-state index contributed by atoms with van der Waals surface area (Å²) in [5.74, 6) is 0. The molecular formula is C15H21N3. The number of anilines is 1. The molecule has 1 heterocycles. The largest absolute Gasteiger partial charge is 0.377 e. The lowest BCUT2D eigenvalue weighted by molar-refractivity contribution is 0.778. The van der Waals surface area contributed by atoms with Gasteiger partial charge in [0.2, 0.25) is 0 Å². The van der Waals surface area contributed by atoms with Gasteiger partial charge in [-0.3, -0.25) is 4.98 Å². The Morgan fingerprint density at radius 2 is 2.06 bits per heavy atom. The van der Waals surface area contributed by atoms with Crippen LogP contribution in [-0.2, 0) is 6.42 Å². The lowest BCUT2D eigenvalue weighted by Crippen LogP contribution is -2.14. The monoisotopic (exact) mass is 243 g/mol. The molecule has 0 spiro atoms. The third-order valence-electron chi connectivity index (χ3n) is 3.19. The summed E-state index contributed by atoms with van der Waals surface area (Å²) in [6.45, 7) is 3.08. The molecule has 0 saturated carbocycles. The minimum absolute atomic E-state index is 0.956. The first-order chi connectivity index (χ1) is 8.63. The topological polar surface area (TPSA) is 28.2 Å². The zero-order valence-electron chi connectivity index (χ0n) is 11.6. The van der Waals surface area contributed by atoms with Gasteiger partial charge < -0.3 is 10.2 Å². The number of likely N-dealkylation sites (N-methyl/N-ethyl adjacent to an activating group) is 1. The van der Waals surface area contributed by atoms with Crippen molar-refractivity contribution in [3.05, 3.63) is 35.5 Å². The predicted octanol–water partition coefficient (Wildman–Crippen LogP) is 2.37. The molecule has 0 saturated heterocycles. The second-order valence-corrected chi connectivity index (χ2v) is 4.85. The summed E-state index contributed by atoms with van der Waals surface area (Å²) in [5.41, 5.74) is 4.75. The Balaban J connectivity index is 2.60. The van der Waals surface area contributed by atoms with Crippen molar-refractivity contribution in [2.24, 2.45) is 0 Å². The molecule has 2 rings (SSSR count). The molecule has 0 fully saturated rings. The van der Waals surface area contributed by atoms with Crippen molar-refractivity contribution >= 4 is 16.6 Å². The van der Waals surface area contributed by atoms with E-state index in [0.29, 0.717) is 0 Å². The summed E-state index contributed by atoms with van der Waals surface area (Å²) < 4.78 is 0. The van der Waals surface area contributed by atoms with Gasteiger partial charge in [0.1, 0.15) is 0 Å². The van der Waals surface area contributed by atoms with E-state index in [1.54, 1.807) is 0 Å². The van der Waals surface area contributed by atoms with Crippen LogP contribution in [-0.4, -0.2) is 32.7 Å². The summed E-state index contributed by atoms with van der Waals surface area (Å²) in [6.07, 6.45) is 0.960. The number of nitrogens with zero attached hydrogens (tertiary/aromatic N) is 2. The highest BCUT2D eigenvalue weighted by Crippen LogP contribution is 2.27. The molecule has 2 aromatic rings. The molecule has 1 aromatic carbocycles. The molecule has 0 unspecified atom stereocenters. The van der Waals surface area contributed by atoms with Gasteiger partial charge in [-0.05, 0) is 25.6 Å². The van der Waals surface area contributed by atoms with E-state index in [2.05, 4.69) is 55.5 Å². The smallest absolute Gasteiger partial charge is 0.0755 e. The number of para-hydroxylation sites is 1. The van der Waals surface area contributed by atoms with E-state index in [1.165, 1.54) is 16.6 Å². The summed E-state index contributed by atoms with van der Waals surface area (Å²) in [6, 6.07) is 8.56. The van der Waals surface area contributed by atoms with Crippen LogP contribution in [0.5, 0.6) is 0 Å². The van der Waals surface area contributed by atoms with Gasteiger partial charge in [0.15, 0.2) is 0 Å². The molecule has 18 heavy (non-hydrogen) atoms. The lowest BCUT2D eigenvalue weighted by atomic mass is 10.1. The molecule has 0 atom stereocenters. The molecule has 1 N–H and O–H groups in total. The predicted molar refractivity (Wildman–Crippen MR) is 78.4 cm³/mol. The maximum absolute atomic E-state index is 4.79. The van der Waals surface area contributed by atoms with Gasteiger partial charge in [0.05, 0.1) is 5.52 Å². The van der Waals surface area contributed by atoms with Gasteiger partial charge in [-0.2, -0.15) is 0 Å². The Morgan fingerprint density at radius 3 is 2.72 bits per heavy atom. The highest BCUT2D eigenvalue weighted by atomic mass is 15.1. The molecule has 0 radical (unpaired) electrons. The third-order valence-corrected chi connectivity index (χ3v) is 3.19. The van der Waals surface area contributed by atoms with Crippen molar-refractivity contribution in [3.63, 3.8) is 0 Å². The van der Waals surface area contributed by atoms with Crippen molar-refractivity contribution in [3.8, 4) is 0 Å². The maximum atomic E-state index is 4.79. The second-order valence-electron chi connectivity index (χ2n) is 4.85. The Morgan fingerprint density at radius 1 is 1.28 bits per heavy atom. The molecule has 0 amide bonds. The van der Waals surface area contributed by atoms with E-state index in [9.17, 15) is 0 Å². The first-order valence-electron chi connectivity index (χ1n) is 6.34. The number of aromatic nitrogens is 1. The van der Waals surface area contributed by atoms with Gasteiger partial charge in [-0.15, -0.1) is 0 Å². The van der Waals surface area contributed by atoms with E-state index in [4.69, 9.17) is 4.98 Å². The Kier molecular flexibility index (Phi) is 3.82. The van der Waals surface area contributed by atoms with Gasteiger partial charge in [0.25, 0.3) is 0 Å². The van der Waals surface area contributed by atoms with Crippen LogP contribution in [0.1, 0.15) is 11.3 Å². The van der Waals surface area contributed by atoms with E-state index in [0.717, 1.165) is 24.2 Å². The average Bonchev–Trinajstić information content (AvgIpc) is 2.36. The third kappa shape index (κ3) is 2.46. The van der Waals surface area contributed by atoms with Gasteiger partial charge in [-0.1, -0.05) is 18.2 Å². The fraction of sp³-hybridized carbons (Fsp3) is 0.400. The molecule has 0 aliphatic heterocycles. The quantitative estimate of drug-likeness (QED) is 0.893. The minimum Gasteiger partial charge on any atom is -0.377 e. The van der Waals surface area contributed by atoms with Crippen LogP contribution in [0.2, 0.25) is 0 Å². The van der Waals surface area contributed by atoms with E-state index >= 15 is 0 Å². The van der Waals surface area contributed by atoms with Crippen molar-refractivity contribution in [1.29, 1.82) is 0 Å². The standard InChI is InChI=1S/C15H21N3/c1-11-6-5-7-13-14(18(3)4)10-12(8-9-16-2)17-15(11)13/h5-7,10,16H,8-9H2,1-4H3. The molecule has 0 bridgehead atoms. The second kappa shape index (κ2) is 5.36. The molecule has 3 nitrogen and oxygen atoms in total. The van der Waals surface area contributed by atoms with Crippen molar-refractivity contribution in [2.75, 3.05) is 32.6 Å². The van der Waals surface area contributed by atoms with Gasteiger partial charge in [0, 0.05) is 43.8 Å². The van der Waals surface area contributed by atoms with E-state index in [1.807, 2.05) is 7.05 Å². The number of hydrogen-bond donors (Lipinski definition) is 1. The summed E-state index contributed by atoms with van der Waals surface area (Å²) in [5, 5.41) is 4.40. The van der Waals surface area contributed by atoms with Crippen LogP contribution in [0.3, 0.4) is 0 Å². The van der Waals surface area contributed by atoms with Crippen LogP contribution in [0.15, 0.2) is 24.3 Å². The van der Waals surface area contributed by atoms with Gasteiger partial charge in [-0.25, -0.2) is 0 Å². The minimum atomic E-state index is 0.956. The highest BCUT2D eigenvalue weighted by molar-refractivity contribution is 5.93. The summed E-state index contributed by atoms with van der Waals surface area (Å²) in [4.78, 5) is 6.95. The SMILES string of the molecule is CNCCc1cc(N(C)C)c2cccc(C)c2n1. The number of hydrogen-bond acceptors (Lipinski definition) is 3. The number of pyridine rings is 1. The molecule has 1 aromatic heterocycles. The summed E-state index contributed by atoms with van der Waals surface area (Å²) in [7, 11) is 6.14. The van der Waals surface area contributed by atoms with Crippen LogP contribution < -0.4 is 10.2 Å². The summed E-state index contributed by atoms with van der Waals surface area (Å²) >= 11 is 0. The zero-order chi connectivity index (χ0) is 13.1. The zero-order valence-corrected chi connectivity index (χ0v) is 11.6. The van der Waals surface area contributed by atoms with Crippen molar-refractivity contribution in [2.45, 2.75) is 13.3 Å². The van der Waals surface area contributed by atoms with Crippen LogP contribution in [0.4, 0.5) is 5.69 Å². The Hall–Kier alpha value is -1.61. The number of fused-ring (bicyclic) bond motifs is 1. The van der Waals surface area contributed by atoms with Crippen molar-refractivity contribution in [1.82, 2.24) is 10.3 Å². The fourth-order valence-electron chi connectivity index (χ4n) is 2.18. The molecule has 0 aliphatic carbocycles. The molecule has 0 aliphatic rings. The first kappa shape index (κ1) is 12.8. The van der Waals surface area contributed by atoms with Crippen molar-refractivity contribution < 1.29 is 0 Å². The number of nitrogens with one attached hydrogen (secondary N) is 1. The van der Waals surface area contributed by atoms with Crippen LogP contribution in [0.25, 0.3) is 10.9 Å². The first-order valence-corrected chi connectivity index (χ1v) is 6.34. The average molecular weight is 243 g/mol. The Labute approximate surface area is 109 Å². The van der Waals surface area contributed by atoms with E-state index in [-0.39, 0.29) is 0 Å². The van der Waals surface area contributed by atoms with Crippen LogP contribution >= 0.6 is 0 Å². The maximum Gasteiger partial charge on any atom is 0.0755 e. The van der Waals surface area contributed by atoms with Crippen LogP contribution in [0, 0.1) is 6.92 Å².